The molecular weight excluding hydrogens is 208 g/mol. The molecule has 0 aliphatic rings. The van der Waals surface area contributed by atoms with Crippen molar-refractivity contribution in [2.45, 2.75) is 63.7 Å². The lowest BCUT2D eigenvalue weighted by atomic mass is 10.1. The standard InChI is InChI=1S/C12H22O4/c13-11(14)9-7-5-3-1-2-4-6-8-10-12(15)16/h1-10H2,(H,13,14)(H,15,16)/i1D2,2D2,3D2,4D2,5D2,6D2,7D2,8D2,9D2,10D2. The number of rotatable bonds is 11. The number of carboxylic acids is 2. The zero-order valence-electron chi connectivity index (χ0n) is 27.7. The highest BCUT2D eigenvalue weighted by molar-refractivity contribution is 5.66. The second-order valence-electron chi connectivity index (χ2n) is 1.86. The van der Waals surface area contributed by atoms with E-state index < -0.39 is 75.7 Å². The summed E-state index contributed by atoms with van der Waals surface area (Å²) in [4.78, 5) is 22.3. The molecule has 0 unspecified atom stereocenters. The predicted octanol–water partition coefficient (Wildman–Crippen LogP) is 3.06. The van der Waals surface area contributed by atoms with Gasteiger partial charge in [0, 0.05) is 40.2 Å². The molecule has 0 heterocycles. The smallest absolute Gasteiger partial charge is 0.303 e. The maximum absolute atomic E-state index is 11.1. The Morgan fingerprint density at radius 2 is 0.938 bits per heavy atom. The zero-order valence-corrected chi connectivity index (χ0v) is 7.71. The lowest BCUT2D eigenvalue weighted by Gasteiger charge is -2.00. The van der Waals surface area contributed by atoms with Crippen molar-refractivity contribution in [2.75, 3.05) is 0 Å². The summed E-state index contributed by atoms with van der Waals surface area (Å²) < 4.78 is 153. The van der Waals surface area contributed by atoms with Crippen LogP contribution >= 0.6 is 0 Å². The van der Waals surface area contributed by atoms with Crippen LogP contribution in [-0.2, 0) is 9.59 Å². The van der Waals surface area contributed by atoms with Crippen molar-refractivity contribution in [1.82, 2.24) is 0 Å². The highest BCUT2D eigenvalue weighted by Crippen LogP contribution is 2.10. The molecule has 0 aromatic heterocycles. The normalized spacial score (nSPS) is 37.8. The van der Waals surface area contributed by atoms with Crippen LogP contribution in [0.3, 0.4) is 0 Å². The van der Waals surface area contributed by atoms with Crippen molar-refractivity contribution in [3.05, 3.63) is 0 Å². The van der Waals surface area contributed by atoms with E-state index in [1.165, 1.54) is 0 Å². The molecule has 0 fully saturated rings. The van der Waals surface area contributed by atoms with Crippen LogP contribution < -0.4 is 0 Å². The van der Waals surface area contributed by atoms with Gasteiger partial charge in [-0.05, 0) is 12.7 Å². The van der Waals surface area contributed by atoms with E-state index in [0.717, 1.165) is 0 Å². The van der Waals surface area contributed by atoms with Gasteiger partial charge in [0.05, 0.1) is 0 Å². The molecule has 0 aromatic carbocycles. The fourth-order valence-corrected chi connectivity index (χ4v) is 0.357. The number of hydrogen-bond donors (Lipinski definition) is 2. The average molecular weight is 250 g/mol. The Morgan fingerprint density at radius 3 is 1.19 bits per heavy atom. The lowest BCUT2D eigenvalue weighted by molar-refractivity contribution is -0.138. The average Bonchev–Trinajstić information content (AvgIpc) is 2.65. The summed E-state index contributed by atoms with van der Waals surface area (Å²) in [7, 11) is 0. The van der Waals surface area contributed by atoms with E-state index in [1.807, 2.05) is 0 Å². The number of aliphatic carboxylic acids is 2. The Morgan fingerprint density at radius 1 is 0.688 bits per heavy atom. The van der Waals surface area contributed by atoms with Crippen molar-refractivity contribution in [3.8, 4) is 0 Å². The van der Waals surface area contributed by atoms with Gasteiger partial charge in [-0.3, -0.25) is 9.59 Å². The van der Waals surface area contributed by atoms with Crippen molar-refractivity contribution in [3.63, 3.8) is 0 Å². The zero-order chi connectivity index (χ0) is 30.2. The highest BCUT2D eigenvalue weighted by Gasteiger charge is 1.98. The second kappa shape index (κ2) is 10.5. The Kier molecular flexibility index (Phi) is 1.65. The highest BCUT2D eigenvalue weighted by atomic mass is 16.4. The van der Waals surface area contributed by atoms with Crippen LogP contribution in [0, 0.1) is 0 Å². The van der Waals surface area contributed by atoms with E-state index in [4.69, 9.17) is 37.6 Å². The monoisotopic (exact) mass is 250 g/mol. The molecule has 0 spiro atoms. The largest absolute Gasteiger partial charge is 0.481 e. The molecule has 0 saturated heterocycles. The van der Waals surface area contributed by atoms with E-state index >= 15 is 0 Å². The summed E-state index contributed by atoms with van der Waals surface area (Å²) in [6, 6.07) is 0. The topological polar surface area (TPSA) is 74.6 Å². The maximum Gasteiger partial charge on any atom is 0.303 e. The molecule has 4 nitrogen and oxygen atoms in total. The Balaban J connectivity index is 7.21. The third kappa shape index (κ3) is 12.9. The molecule has 4 heteroatoms. The fraction of sp³-hybridized carbons (Fsp3) is 0.833. The molecule has 0 bridgehead atoms. The third-order valence-corrected chi connectivity index (χ3v) is 0.776. The second-order valence-corrected chi connectivity index (χ2v) is 1.86. The van der Waals surface area contributed by atoms with Gasteiger partial charge in [-0.25, -0.2) is 0 Å². The molecule has 0 rings (SSSR count). The van der Waals surface area contributed by atoms with Crippen molar-refractivity contribution in [1.29, 1.82) is 0 Å². The number of hydrogen-bond acceptors (Lipinski definition) is 2. The van der Waals surface area contributed by atoms with Gasteiger partial charge >= 0.3 is 11.9 Å². The molecule has 0 saturated carbocycles. The first kappa shape index (κ1) is 2.52. The summed E-state index contributed by atoms with van der Waals surface area (Å²) in [6.07, 6.45) is -46.0. The summed E-state index contributed by atoms with van der Waals surface area (Å²) >= 11 is 0. The van der Waals surface area contributed by atoms with Gasteiger partial charge in [-0.15, -0.1) is 0 Å². The number of carboxylic acid groups (broad SMARTS) is 2. The Bertz CT molecular complexity index is 817. The van der Waals surface area contributed by atoms with Gasteiger partial charge in [0.2, 0.25) is 0 Å². The van der Waals surface area contributed by atoms with Crippen LogP contribution in [0.15, 0.2) is 0 Å². The first-order chi connectivity index (χ1) is 15.1. The molecule has 16 heavy (non-hydrogen) atoms. The van der Waals surface area contributed by atoms with E-state index in [2.05, 4.69) is 0 Å². The minimum atomic E-state index is -4.80. The van der Waals surface area contributed by atoms with Crippen LogP contribution in [0.1, 0.15) is 91.1 Å². The molecule has 0 amide bonds. The molecule has 0 atom stereocenters. The minimum absolute atomic E-state index is 2.67. The van der Waals surface area contributed by atoms with Crippen LogP contribution in [-0.4, -0.2) is 22.2 Å². The van der Waals surface area contributed by atoms with Crippen molar-refractivity contribution >= 4 is 11.9 Å². The summed E-state index contributed by atoms with van der Waals surface area (Å²) in [6.45, 7) is 0. The van der Waals surface area contributed by atoms with E-state index in [-0.39, 0.29) is 0 Å². The SMILES string of the molecule is [2H]C([2H])(C(=O)O)C([2H])([2H])C([2H])([2H])C([2H])([2H])C([2H])([2H])C([2H])([2H])C([2H])([2H])C([2H])([2H])C([2H])([2H])C([2H])([2H])C(=O)O. The fourth-order valence-electron chi connectivity index (χ4n) is 0.357. The first-order valence-corrected chi connectivity index (χ1v) is 3.61. The molecular formula is C12H22O4. The predicted molar refractivity (Wildman–Crippen MR) is 61.4 cm³/mol. The van der Waals surface area contributed by atoms with Gasteiger partial charge in [0.25, 0.3) is 0 Å². The summed E-state index contributed by atoms with van der Waals surface area (Å²) in [5.41, 5.74) is 0. The molecule has 2 N–H and O–H groups in total. The summed E-state index contributed by atoms with van der Waals surface area (Å²) in [5.74, 6) is -5.35. The van der Waals surface area contributed by atoms with Gasteiger partial charge in [-0.1, -0.05) is 38.2 Å². The lowest BCUT2D eigenvalue weighted by Crippen LogP contribution is -1.94. The van der Waals surface area contributed by atoms with Crippen LogP contribution in [0.4, 0.5) is 0 Å². The maximum atomic E-state index is 11.1. The minimum Gasteiger partial charge on any atom is -0.481 e. The van der Waals surface area contributed by atoms with E-state index in [1.54, 1.807) is 0 Å². The molecule has 0 aliphatic carbocycles. The third-order valence-electron chi connectivity index (χ3n) is 0.776. The van der Waals surface area contributed by atoms with Crippen LogP contribution in [0.5, 0.6) is 0 Å². The van der Waals surface area contributed by atoms with Gasteiger partial charge in [0.1, 0.15) is 0 Å². The van der Waals surface area contributed by atoms with Crippen LogP contribution in [0.2, 0.25) is 0 Å². The molecule has 0 aliphatic heterocycles. The van der Waals surface area contributed by atoms with Gasteiger partial charge in [0.15, 0.2) is 0 Å². The van der Waals surface area contributed by atoms with Gasteiger partial charge < -0.3 is 10.2 Å². The summed E-state index contributed by atoms with van der Waals surface area (Å²) in [5, 5.41) is 17.8. The van der Waals surface area contributed by atoms with Crippen LogP contribution in [0.25, 0.3) is 0 Å². The molecule has 94 valence electrons. The number of carbonyl (C=O) groups is 2. The van der Waals surface area contributed by atoms with Crippen molar-refractivity contribution in [2.24, 2.45) is 0 Å². The molecule has 0 aromatic rings. The first-order valence-electron chi connectivity index (χ1n) is 13.6. The Labute approximate surface area is 125 Å². The Hall–Kier alpha value is -1.06. The quantitative estimate of drug-likeness (QED) is 0.591. The van der Waals surface area contributed by atoms with E-state index in [0.29, 0.717) is 0 Å². The molecule has 0 radical (unpaired) electrons. The van der Waals surface area contributed by atoms with Gasteiger partial charge in [-0.2, -0.15) is 0 Å². The van der Waals surface area contributed by atoms with E-state index in [9.17, 15) is 9.59 Å². The van der Waals surface area contributed by atoms with Crippen molar-refractivity contribution < 1.29 is 47.2 Å².